The van der Waals surface area contributed by atoms with Gasteiger partial charge in [-0.3, -0.25) is 20.0 Å². The largest absolute Gasteiger partial charge is 0.401 e. The van der Waals surface area contributed by atoms with Gasteiger partial charge in [-0.25, -0.2) is 0 Å². The van der Waals surface area contributed by atoms with E-state index in [9.17, 15) is 23.3 Å². The predicted molar refractivity (Wildman–Crippen MR) is 103 cm³/mol. The molecule has 0 spiro atoms. The number of halogens is 4. The fraction of sp³-hybridized carbons (Fsp3) is 0.533. The molecule has 1 saturated heterocycles. The van der Waals surface area contributed by atoms with Crippen molar-refractivity contribution in [3.05, 3.63) is 39.9 Å². The van der Waals surface area contributed by atoms with E-state index in [1.54, 1.807) is 19.2 Å². The molecule has 1 aliphatic rings. The fourth-order valence-electron chi connectivity index (χ4n) is 2.66. The average molecular weight is 487 g/mol. The van der Waals surface area contributed by atoms with E-state index in [-0.39, 0.29) is 35.7 Å². The van der Waals surface area contributed by atoms with Crippen LogP contribution in [-0.2, 0) is 6.54 Å². The topological polar surface area (TPSA) is 82.8 Å². The highest BCUT2D eigenvalue weighted by Gasteiger charge is 2.34. The zero-order valence-corrected chi connectivity index (χ0v) is 16.5. The van der Waals surface area contributed by atoms with Gasteiger partial charge in [-0.05, 0) is 12.0 Å². The highest BCUT2D eigenvalue weighted by Crippen LogP contribution is 2.20. The first-order valence-electron chi connectivity index (χ1n) is 7.76. The number of nitro groups is 1. The summed E-state index contributed by atoms with van der Waals surface area (Å²) in [5.74, 6) is 0.484. The Kier molecular flexibility index (Phi) is 8.53. The lowest BCUT2D eigenvalue weighted by molar-refractivity contribution is -0.384. The lowest BCUT2D eigenvalue weighted by Gasteiger charge is -2.19. The molecule has 0 amide bonds. The lowest BCUT2D eigenvalue weighted by atomic mass is 10.2. The Bertz CT molecular complexity index is 625. The smallest absolute Gasteiger partial charge is 0.352 e. The normalized spacial score (nSPS) is 18.3. The van der Waals surface area contributed by atoms with E-state index in [2.05, 4.69) is 15.6 Å². The van der Waals surface area contributed by atoms with E-state index in [4.69, 9.17) is 0 Å². The zero-order chi connectivity index (χ0) is 18.4. The van der Waals surface area contributed by atoms with Crippen LogP contribution >= 0.6 is 24.0 Å². The van der Waals surface area contributed by atoms with E-state index in [0.29, 0.717) is 32.0 Å². The quantitative estimate of drug-likeness (QED) is 0.219. The van der Waals surface area contributed by atoms with Crippen LogP contribution in [0.1, 0.15) is 12.0 Å². The first-order chi connectivity index (χ1) is 11.8. The van der Waals surface area contributed by atoms with Gasteiger partial charge in [0.1, 0.15) is 0 Å². The molecule has 0 radical (unpaired) electrons. The van der Waals surface area contributed by atoms with Gasteiger partial charge in [-0.15, -0.1) is 24.0 Å². The van der Waals surface area contributed by atoms with E-state index >= 15 is 0 Å². The van der Waals surface area contributed by atoms with Crippen LogP contribution in [0.5, 0.6) is 0 Å². The Hall–Kier alpha value is -1.63. The average Bonchev–Trinajstić information content (AvgIpc) is 2.96. The Morgan fingerprint density at radius 1 is 1.38 bits per heavy atom. The number of nitrogens with one attached hydrogen (secondary N) is 2. The summed E-state index contributed by atoms with van der Waals surface area (Å²) >= 11 is 0. The van der Waals surface area contributed by atoms with Gasteiger partial charge in [0.25, 0.3) is 5.69 Å². The molecule has 1 aliphatic heterocycles. The standard InChI is InChI=1S/C15H20F3N5O2.HI/c1-19-14(20-8-11-2-4-13(5-3-11)23(24)25)21-12-6-7-22(9-12)10-15(16,17)18;/h2-5,12H,6-10H2,1H3,(H2,19,20,21);1H. The summed E-state index contributed by atoms with van der Waals surface area (Å²) in [6.07, 6.45) is -3.58. The second-order valence-corrected chi connectivity index (χ2v) is 5.83. The van der Waals surface area contributed by atoms with Crippen molar-refractivity contribution in [2.24, 2.45) is 4.99 Å². The van der Waals surface area contributed by atoms with Gasteiger partial charge in [0.15, 0.2) is 5.96 Å². The summed E-state index contributed by atoms with van der Waals surface area (Å²) in [7, 11) is 1.58. The Morgan fingerprint density at radius 2 is 2.04 bits per heavy atom. The molecule has 0 bridgehead atoms. The third-order valence-electron chi connectivity index (χ3n) is 3.85. The van der Waals surface area contributed by atoms with Crippen molar-refractivity contribution in [1.82, 2.24) is 15.5 Å². The van der Waals surface area contributed by atoms with Crippen LogP contribution in [0.25, 0.3) is 0 Å². The number of nitrogens with zero attached hydrogens (tertiary/aromatic N) is 3. The SMILES string of the molecule is CN=C(NCc1ccc([N+](=O)[O-])cc1)NC1CCN(CC(F)(F)F)C1.I. The van der Waals surface area contributed by atoms with Crippen LogP contribution in [-0.4, -0.2) is 54.7 Å². The Balaban J connectivity index is 0.00000338. The minimum absolute atomic E-state index is 0. The van der Waals surface area contributed by atoms with Crippen LogP contribution in [0.3, 0.4) is 0 Å². The minimum atomic E-state index is -4.19. The summed E-state index contributed by atoms with van der Waals surface area (Å²) in [5.41, 5.74) is 0.848. The summed E-state index contributed by atoms with van der Waals surface area (Å²) in [5, 5.41) is 16.8. The number of non-ortho nitro benzene ring substituents is 1. The first-order valence-corrected chi connectivity index (χ1v) is 7.76. The maximum absolute atomic E-state index is 12.4. The maximum atomic E-state index is 12.4. The number of likely N-dealkylation sites (tertiary alicyclic amines) is 1. The van der Waals surface area contributed by atoms with Crippen molar-refractivity contribution in [2.75, 3.05) is 26.7 Å². The van der Waals surface area contributed by atoms with Crippen LogP contribution in [0.15, 0.2) is 29.3 Å². The number of benzene rings is 1. The molecule has 7 nitrogen and oxygen atoms in total. The van der Waals surface area contributed by atoms with Gasteiger partial charge < -0.3 is 10.6 Å². The summed E-state index contributed by atoms with van der Waals surface area (Å²) < 4.78 is 37.2. The number of hydrogen-bond donors (Lipinski definition) is 2. The van der Waals surface area contributed by atoms with Gasteiger partial charge in [0.2, 0.25) is 0 Å². The van der Waals surface area contributed by atoms with E-state index in [1.807, 2.05) is 0 Å². The molecule has 2 rings (SSSR count). The molecule has 0 saturated carbocycles. The molecule has 146 valence electrons. The third kappa shape index (κ3) is 7.32. The van der Waals surface area contributed by atoms with Crippen LogP contribution in [0.2, 0.25) is 0 Å². The van der Waals surface area contributed by atoms with E-state index in [1.165, 1.54) is 17.0 Å². The highest BCUT2D eigenvalue weighted by molar-refractivity contribution is 14.0. The van der Waals surface area contributed by atoms with Crippen molar-refractivity contribution < 1.29 is 18.1 Å². The molecule has 0 aromatic heterocycles. The van der Waals surface area contributed by atoms with Crippen LogP contribution in [0, 0.1) is 10.1 Å². The Labute approximate surface area is 166 Å². The summed E-state index contributed by atoms with van der Waals surface area (Å²) in [6.45, 7) is 0.185. The number of guanidine groups is 1. The number of alkyl halides is 3. The molecular weight excluding hydrogens is 466 g/mol. The summed E-state index contributed by atoms with van der Waals surface area (Å²) in [4.78, 5) is 15.6. The second-order valence-electron chi connectivity index (χ2n) is 5.83. The van der Waals surface area contributed by atoms with Gasteiger partial charge in [0, 0.05) is 44.9 Å². The number of nitro benzene ring substituents is 1. The van der Waals surface area contributed by atoms with Crippen molar-refractivity contribution in [2.45, 2.75) is 25.2 Å². The molecule has 0 aliphatic carbocycles. The van der Waals surface area contributed by atoms with Crippen molar-refractivity contribution >= 4 is 35.6 Å². The van der Waals surface area contributed by atoms with E-state index in [0.717, 1.165) is 5.56 Å². The zero-order valence-electron chi connectivity index (χ0n) is 14.1. The first kappa shape index (κ1) is 22.4. The molecule has 2 N–H and O–H groups in total. The maximum Gasteiger partial charge on any atom is 0.401 e. The van der Waals surface area contributed by atoms with Crippen LogP contribution < -0.4 is 10.6 Å². The van der Waals surface area contributed by atoms with Crippen molar-refractivity contribution in [1.29, 1.82) is 0 Å². The molecule has 1 heterocycles. The molecule has 1 aromatic rings. The highest BCUT2D eigenvalue weighted by atomic mass is 127. The van der Waals surface area contributed by atoms with Crippen LogP contribution in [0.4, 0.5) is 18.9 Å². The fourth-order valence-corrected chi connectivity index (χ4v) is 2.66. The van der Waals surface area contributed by atoms with E-state index < -0.39 is 17.6 Å². The molecule has 1 unspecified atom stereocenters. The summed E-state index contributed by atoms with van der Waals surface area (Å²) in [6, 6.07) is 6.00. The molecule has 1 atom stereocenters. The second kappa shape index (κ2) is 9.90. The third-order valence-corrected chi connectivity index (χ3v) is 3.85. The molecule has 1 fully saturated rings. The van der Waals surface area contributed by atoms with Gasteiger partial charge >= 0.3 is 6.18 Å². The van der Waals surface area contributed by atoms with Gasteiger partial charge in [0.05, 0.1) is 11.5 Å². The van der Waals surface area contributed by atoms with Gasteiger partial charge in [-0.2, -0.15) is 13.2 Å². The number of rotatable bonds is 5. The molecule has 11 heteroatoms. The number of hydrogen-bond acceptors (Lipinski definition) is 4. The van der Waals surface area contributed by atoms with Crippen molar-refractivity contribution in [3.63, 3.8) is 0 Å². The van der Waals surface area contributed by atoms with Gasteiger partial charge in [-0.1, -0.05) is 12.1 Å². The lowest BCUT2D eigenvalue weighted by Crippen LogP contribution is -2.44. The minimum Gasteiger partial charge on any atom is -0.352 e. The molecule has 1 aromatic carbocycles. The monoisotopic (exact) mass is 487 g/mol. The van der Waals surface area contributed by atoms with Crippen molar-refractivity contribution in [3.8, 4) is 0 Å². The Morgan fingerprint density at radius 3 is 2.58 bits per heavy atom. The number of aliphatic imine (C=N–C) groups is 1. The molecule has 26 heavy (non-hydrogen) atoms. The predicted octanol–water partition coefficient (Wildman–Crippen LogP) is 2.51. The molecular formula is C15H21F3IN5O2.